The minimum absolute atomic E-state index is 0.0851. The predicted molar refractivity (Wildman–Crippen MR) is 120 cm³/mol. The maximum absolute atomic E-state index is 12.7. The highest BCUT2D eigenvalue weighted by Gasteiger charge is 2.17. The summed E-state index contributed by atoms with van der Waals surface area (Å²) in [7, 11) is 0. The second-order valence-corrected chi connectivity index (χ2v) is 9.47. The van der Waals surface area contributed by atoms with Crippen LogP contribution in [-0.2, 0) is 4.79 Å². The third-order valence-electron chi connectivity index (χ3n) is 3.91. The molecule has 1 aromatic carbocycles. The summed E-state index contributed by atoms with van der Waals surface area (Å²) < 4.78 is 11.4. The van der Waals surface area contributed by atoms with Gasteiger partial charge in [-0.25, -0.2) is 4.98 Å². The molecule has 0 atom stereocenters. The number of hydrogen-bond acceptors (Lipinski definition) is 10. The van der Waals surface area contributed by atoms with Crippen LogP contribution in [0.5, 0.6) is 11.5 Å². The van der Waals surface area contributed by atoms with E-state index in [0.717, 1.165) is 10.1 Å². The second kappa shape index (κ2) is 9.98. The third-order valence-corrected chi connectivity index (χ3v) is 6.77. The Balaban J connectivity index is 1.36. The van der Waals surface area contributed by atoms with Crippen LogP contribution in [0, 0.1) is 0 Å². The molecule has 4 rings (SSSR count). The molecule has 0 saturated heterocycles. The van der Waals surface area contributed by atoms with E-state index in [9.17, 15) is 9.59 Å². The fourth-order valence-corrected chi connectivity index (χ4v) is 5.03. The smallest absolute Gasteiger partial charge is 0.260 e. The number of thioether (sulfide) groups is 2. The number of aromatic nitrogens is 3. The summed E-state index contributed by atoms with van der Waals surface area (Å²) >= 11 is 4.05. The van der Waals surface area contributed by atoms with Crippen LogP contribution < -0.4 is 20.1 Å². The van der Waals surface area contributed by atoms with Gasteiger partial charge in [-0.3, -0.25) is 14.9 Å². The summed E-state index contributed by atoms with van der Waals surface area (Å²) in [6, 6.07) is 8.51. The third kappa shape index (κ3) is 5.46. The molecule has 0 saturated carbocycles. The van der Waals surface area contributed by atoms with E-state index in [2.05, 4.69) is 25.8 Å². The number of anilines is 2. The van der Waals surface area contributed by atoms with Crippen LogP contribution in [0.25, 0.3) is 0 Å². The largest absolute Gasteiger partial charge is 0.454 e. The molecule has 160 valence electrons. The molecule has 9 nitrogen and oxygen atoms in total. The van der Waals surface area contributed by atoms with E-state index in [4.69, 9.17) is 9.47 Å². The molecule has 31 heavy (non-hydrogen) atoms. The van der Waals surface area contributed by atoms with Crippen molar-refractivity contribution in [3.63, 3.8) is 0 Å². The Morgan fingerprint density at radius 3 is 2.87 bits per heavy atom. The predicted octanol–water partition coefficient (Wildman–Crippen LogP) is 3.76. The van der Waals surface area contributed by atoms with Gasteiger partial charge in [-0.1, -0.05) is 41.8 Å². The van der Waals surface area contributed by atoms with Gasteiger partial charge < -0.3 is 14.8 Å². The zero-order valence-corrected chi connectivity index (χ0v) is 18.7. The van der Waals surface area contributed by atoms with Crippen LogP contribution in [-0.4, -0.2) is 45.3 Å². The number of ether oxygens (including phenoxy) is 2. The molecular weight excluding hydrogens is 458 g/mol. The molecule has 0 aliphatic carbocycles. The van der Waals surface area contributed by atoms with Crippen molar-refractivity contribution in [3.05, 3.63) is 42.1 Å². The van der Waals surface area contributed by atoms with Gasteiger partial charge >= 0.3 is 0 Å². The van der Waals surface area contributed by atoms with E-state index in [0.29, 0.717) is 32.9 Å². The lowest BCUT2D eigenvalue weighted by molar-refractivity contribution is -0.113. The first-order chi connectivity index (χ1) is 15.1. The van der Waals surface area contributed by atoms with Crippen molar-refractivity contribution in [2.45, 2.75) is 16.3 Å². The van der Waals surface area contributed by atoms with Crippen LogP contribution in [0.1, 0.15) is 17.3 Å². The number of hydrogen-bond donors (Lipinski definition) is 2. The van der Waals surface area contributed by atoms with E-state index in [1.165, 1.54) is 23.1 Å². The standard InChI is InChI=1S/C19H17N5O4S3/c1-2-29-19-24-23-18(31-19)22-16(26)12-4-3-7-20-17(12)30-9-15(25)21-11-5-6-13-14(8-11)28-10-27-13/h3-8H,2,9-10H2,1H3,(H,21,25)(H,22,23,26). The molecule has 1 aliphatic rings. The maximum Gasteiger partial charge on any atom is 0.260 e. The molecule has 0 radical (unpaired) electrons. The van der Waals surface area contributed by atoms with Crippen molar-refractivity contribution in [3.8, 4) is 11.5 Å². The highest BCUT2D eigenvalue weighted by Crippen LogP contribution is 2.34. The Morgan fingerprint density at radius 1 is 1.13 bits per heavy atom. The molecule has 0 fully saturated rings. The van der Waals surface area contributed by atoms with Gasteiger partial charge in [0.15, 0.2) is 15.8 Å². The number of benzene rings is 1. The quantitative estimate of drug-likeness (QED) is 0.371. The average molecular weight is 476 g/mol. The Labute approximate surface area is 190 Å². The Hall–Kier alpha value is -2.83. The van der Waals surface area contributed by atoms with Crippen molar-refractivity contribution < 1.29 is 19.1 Å². The van der Waals surface area contributed by atoms with Gasteiger partial charge in [0.2, 0.25) is 17.8 Å². The van der Waals surface area contributed by atoms with Crippen LogP contribution >= 0.6 is 34.9 Å². The highest BCUT2D eigenvalue weighted by molar-refractivity contribution is 8.01. The Kier molecular flexibility index (Phi) is 6.89. The van der Waals surface area contributed by atoms with Crippen molar-refractivity contribution in [1.29, 1.82) is 0 Å². The number of carbonyl (C=O) groups excluding carboxylic acids is 2. The number of nitrogens with one attached hydrogen (secondary N) is 2. The first kappa shape index (κ1) is 21.4. The van der Waals surface area contributed by atoms with Gasteiger partial charge in [-0.15, -0.1) is 10.2 Å². The van der Waals surface area contributed by atoms with Crippen molar-refractivity contribution in [2.24, 2.45) is 0 Å². The zero-order valence-electron chi connectivity index (χ0n) is 16.3. The van der Waals surface area contributed by atoms with Gasteiger partial charge in [-0.05, 0) is 30.0 Å². The zero-order chi connectivity index (χ0) is 21.6. The number of amides is 2. The average Bonchev–Trinajstić information content (AvgIpc) is 3.41. The van der Waals surface area contributed by atoms with Gasteiger partial charge in [0.25, 0.3) is 5.91 Å². The summed E-state index contributed by atoms with van der Waals surface area (Å²) in [6.07, 6.45) is 1.58. The fraction of sp³-hybridized carbons (Fsp3) is 0.211. The van der Waals surface area contributed by atoms with Crippen LogP contribution in [0.4, 0.5) is 10.8 Å². The topological polar surface area (TPSA) is 115 Å². The van der Waals surface area contributed by atoms with Gasteiger partial charge in [0, 0.05) is 18.0 Å². The molecule has 2 amide bonds. The lowest BCUT2D eigenvalue weighted by Gasteiger charge is -2.08. The molecule has 0 bridgehead atoms. The number of pyridine rings is 1. The summed E-state index contributed by atoms with van der Waals surface area (Å²) in [6.45, 7) is 2.19. The Morgan fingerprint density at radius 2 is 2.00 bits per heavy atom. The number of fused-ring (bicyclic) bond motifs is 1. The number of nitrogens with zero attached hydrogens (tertiary/aromatic N) is 3. The molecule has 0 spiro atoms. The van der Waals surface area contributed by atoms with E-state index < -0.39 is 0 Å². The van der Waals surface area contributed by atoms with Crippen LogP contribution in [0.2, 0.25) is 0 Å². The molecule has 2 N–H and O–H groups in total. The van der Waals surface area contributed by atoms with Gasteiger partial charge in [0.1, 0.15) is 5.03 Å². The molecule has 1 aliphatic heterocycles. The second-order valence-electron chi connectivity index (χ2n) is 6.02. The first-order valence-electron chi connectivity index (χ1n) is 9.17. The summed E-state index contributed by atoms with van der Waals surface area (Å²) in [5.41, 5.74) is 0.967. The normalized spacial score (nSPS) is 11.9. The van der Waals surface area contributed by atoms with E-state index in [1.807, 2.05) is 6.92 Å². The Bertz CT molecular complexity index is 1110. The molecular formula is C19H17N5O4S3. The summed E-state index contributed by atoms with van der Waals surface area (Å²) in [5, 5.41) is 14.4. The minimum atomic E-state index is -0.351. The number of carbonyl (C=O) groups is 2. The van der Waals surface area contributed by atoms with Crippen molar-refractivity contribution in [2.75, 3.05) is 28.9 Å². The lowest BCUT2D eigenvalue weighted by atomic mass is 10.3. The van der Waals surface area contributed by atoms with Crippen molar-refractivity contribution in [1.82, 2.24) is 15.2 Å². The molecule has 2 aromatic heterocycles. The van der Waals surface area contributed by atoms with Crippen LogP contribution in [0.15, 0.2) is 45.9 Å². The minimum Gasteiger partial charge on any atom is -0.454 e. The molecule has 0 unspecified atom stereocenters. The first-order valence-corrected chi connectivity index (χ1v) is 12.0. The lowest BCUT2D eigenvalue weighted by Crippen LogP contribution is -2.16. The van der Waals surface area contributed by atoms with E-state index in [-0.39, 0.29) is 24.4 Å². The molecule has 12 heteroatoms. The SMILES string of the molecule is CCSc1nnc(NC(=O)c2cccnc2SCC(=O)Nc2ccc3c(c2)OCO3)s1. The van der Waals surface area contributed by atoms with E-state index in [1.54, 1.807) is 48.3 Å². The number of rotatable bonds is 8. The molecule has 3 aromatic rings. The highest BCUT2D eigenvalue weighted by atomic mass is 32.2. The monoisotopic (exact) mass is 475 g/mol. The fourth-order valence-electron chi connectivity index (χ4n) is 2.59. The van der Waals surface area contributed by atoms with Gasteiger partial charge in [0.05, 0.1) is 11.3 Å². The van der Waals surface area contributed by atoms with Crippen molar-refractivity contribution >= 4 is 57.5 Å². The maximum atomic E-state index is 12.7. The van der Waals surface area contributed by atoms with Crippen LogP contribution in [0.3, 0.4) is 0 Å². The molecule has 3 heterocycles. The van der Waals surface area contributed by atoms with E-state index >= 15 is 0 Å². The summed E-state index contributed by atoms with van der Waals surface area (Å²) in [4.78, 5) is 29.3. The summed E-state index contributed by atoms with van der Waals surface area (Å²) in [5.74, 6) is 1.61. The van der Waals surface area contributed by atoms with Gasteiger partial charge in [-0.2, -0.15) is 0 Å².